The lowest BCUT2D eigenvalue weighted by atomic mass is 10.2. The van der Waals surface area contributed by atoms with Crippen molar-refractivity contribution in [3.8, 4) is 5.75 Å². The number of amides is 1. The van der Waals surface area contributed by atoms with Crippen LogP contribution in [-0.4, -0.2) is 55.8 Å². The van der Waals surface area contributed by atoms with Crippen LogP contribution in [0.15, 0.2) is 6.07 Å². The first-order valence-electron chi connectivity index (χ1n) is 7.55. The quantitative estimate of drug-likeness (QED) is 0.858. The van der Waals surface area contributed by atoms with E-state index in [1.54, 1.807) is 6.92 Å². The number of hydrogen-bond acceptors (Lipinski definition) is 5. The van der Waals surface area contributed by atoms with Gasteiger partial charge in [-0.25, -0.2) is 0 Å². The Balaban J connectivity index is 1.94. The summed E-state index contributed by atoms with van der Waals surface area (Å²) in [5, 5.41) is 2.81. The van der Waals surface area contributed by atoms with Gasteiger partial charge in [0, 0.05) is 30.1 Å². The third-order valence-corrected chi connectivity index (χ3v) is 4.82. The van der Waals surface area contributed by atoms with Crippen molar-refractivity contribution in [3.63, 3.8) is 0 Å². The molecule has 2 rings (SSSR count). The molecule has 0 radical (unpaired) electrons. The van der Waals surface area contributed by atoms with Crippen molar-refractivity contribution in [1.29, 1.82) is 0 Å². The Morgan fingerprint density at radius 3 is 3.00 bits per heavy atom. The molecule has 1 aromatic rings. The zero-order valence-corrected chi connectivity index (χ0v) is 14.3. The fourth-order valence-electron chi connectivity index (χ4n) is 2.67. The second-order valence-corrected chi connectivity index (χ2v) is 6.91. The Hall–Kier alpha value is -1.25. The molecular weight excluding hydrogens is 326 g/mol. The molecule has 0 spiro atoms. The van der Waals surface area contributed by atoms with Gasteiger partial charge in [-0.1, -0.05) is 0 Å². The maximum absolute atomic E-state index is 12.4. The Kier molecular flexibility index (Phi) is 6.32. The van der Waals surface area contributed by atoms with E-state index in [0.29, 0.717) is 19.8 Å². The number of ether oxygens (including phenoxy) is 2. The second-order valence-electron chi connectivity index (χ2n) is 5.65. The second kappa shape index (κ2) is 8.03. The smallest absolute Gasteiger partial charge is 0.387 e. The summed E-state index contributed by atoms with van der Waals surface area (Å²) in [5.41, 5.74) is 0. The fraction of sp³-hybridized carbons (Fsp3) is 0.667. The molecule has 23 heavy (non-hydrogen) atoms. The predicted molar refractivity (Wildman–Crippen MR) is 84.5 cm³/mol. The molecule has 2 atom stereocenters. The highest BCUT2D eigenvalue weighted by Gasteiger charge is 2.25. The summed E-state index contributed by atoms with van der Waals surface area (Å²) >= 11 is 1.15. The number of carbonyl (C=O) groups excluding carboxylic acids is 1. The highest BCUT2D eigenvalue weighted by Crippen LogP contribution is 2.30. The van der Waals surface area contributed by atoms with E-state index >= 15 is 0 Å². The Labute approximate surface area is 138 Å². The lowest BCUT2D eigenvalue weighted by Crippen LogP contribution is -2.51. The molecule has 8 heteroatoms. The third kappa shape index (κ3) is 4.86. The van der Waals surface area contributed by atoms with Gasteiger partial charge in [0.05, 0.1) is 13.2 Å². The van der Waals surface area contributed by atoms with Crippen LogP contribution in [0.1, 0.15) is 28.4 Å². The lowest BCUT2D eigenvalue weighted by Gasteiger charge is -2.37. The molecule has 0 aliphatic carbocycles. The van der Waals surface area contributed by atoms with Gasteiger partial charge in [-0.3, -0.25) is 9.69 Å². The molecule has 0 saturated carbocycles. The predicted octanol–water partition coefficient (Wildman–Crippen LogP) is 2.50. The topological polar surface area (TPSA) is 50.8 Å². The highest BCUT2D eigenvalue weighted by molar-refractivity contribution is 7.14. The zero-order chi connectivity index (χ0) is 17.0. The van der Waals surface area contributed by atoms with E-state index in [-0.39, 0.29) is 28.6 Å². The first-order valence-corrected chi connectivity index (χ1v) is 8.37. The number of hydrogen-bond donors (Lipinski definition) is 1. The van der Waals surface area contributed by atoms with Crippen LogP contribution in [0, 0.1) is 6.92 Å². The number of nitrogens with zero attached hydrogens (tertiary/aromatic N) is 1. The van der Waals surface area contributed by atoms with Crippen LogP contribution in [0.3, 0.4) is 0 Å². The molecule has 1 saturated heterocycles. The number of rotatable bonds is 6. The minimum Gasteiger partial charge on any atom is -0.433 e. The standard InChI is InChI=1S/C15H22F2N2O3S/c1-9(19-4-5-21-8-10(19)2)7-18-14(20)13-12(22-15(16)17)6-11(3)23-13/h6,9-10,15H,4-5,7-8H2,1-3H3,(H,18,20)/t9-,10+/m0/s1. The molecule has 1 N–H and O–H groups in total. The normalized spacial score (nSPS) is 20.5. The Morgan fingerprint density at radius 2 is 2.35 bits per heavy atom. The average Bonchev–Trinajstić information content (AvgIpc) is 2.84. The van der Waals surface area contributed by atoms with Crippen LogP contribution in [0.4, 0.5) is 8.78 Å². The molecule has 0 bridgehead atoms. The van der Waals surface area contributed by atoms with Gasteiger partial charge in [-0.05, 0) is 26.8 Å². The number of aryl methyl sites for hydroxylation is 1. The van der Waals surface area contributed by atoms with Crippen molar-refractivity contribution in [1.82, 2.24) is 10.2 Å². The zero-order valence-electron chi connectivity index (χ0n) is 13.5. The Bertz CT molecular complexity index is 539. The largest absolute Gasteiger partial charge is 0.433 e. The van der Waals surface area contributed by atoms with Gasteiger partial charge < -0.3 is 14.8 Å². The summed E-state index contributed by atoms with van der Waals surface area (Å²) in [5.74, 6) is -0.445. The van der Waals surface area contributed by atoms with Gasteiger partial charge in [0.15, 0.2) is 0 Å². The summed E-state index contributed by atoms with van der Waals surface area (Å²) in [6.45, 7) is 5.52. The average molecular weight is 348 g/mol. The number of morpholine rings is 1. The van der Waals surface area contributed by atoms with Crippen molar-refractivity contribution in [3.05, 3.63) is 15.8 Å². The van der Waals surface area contributed by atoms with E-state index in [2.05, 4.69) is 21.9 Å². The van der Waals surface area contributed by atoms with Crippen molar-refractivity contribution < 1.29 is 23.0 Å². The minimum atomic E-state index is -2.94. The summed E-state index contributed by atoms with van der Waals surface area (Å²) in [7, 11) is 0. The van der Waals surface area contributed by atoms with E-state index in [0.717, 1.165) is 22.8 Å². The van der Waals surface area contributed by atoms with E-state index < -0.39 is 6.61 Å². The van der Waals surface area contributed by atoms with E-state index in [4.69, 9.17) is 4.74 Å². The molecule has 2 heterocycles. The van der Waals surface area contributed by atoms with Crippen LogP contribution < -0.4 is 10.1 Å². The lowest BCUT2D eigenvalue weighted by molar-refractivity contribution is -0.0498. The van der Waals surface area contributed by atoms with Gasteiger partial charge >= 0.3 is 6.61 Å². The summed E-state index contributed by atoms with van der Waals surface area (Å²) in [6.07, 6.45) is 0. The van der Waals surface area contributed by atoms with Crippen LogP contribution in [0.5, 0.6) is 5.75 Å². The number of alkyl halides is 2. The van der Waals surface area contributed by atoms with Crippen LogP contribution in [0.25, 0.3) is 0 Å². The number of nitrogens with one attached hydrogen (secondary N) is 1. The van der Waals surface area contributed by atoms with E-state index in [1.165, 1.54) is 6.07 Å². The first-order chi connectivity index (χ1) is 10.9. The molecule has 1 aliphatic heterocycles. The fourth-order valence-corrected chi connectivity index (χ4v) is 3.53. The number of carbonyl (C=O) groups is 1. The van der Waals surface area contributed by atoms with Crippen LogP contribution in [0.2, 0.25) is 0 Å². The third-order valence-electron chi connectivity index (χ3n) is 3.79. The van der Waals surface area contributed by atoms with Crippen molar-refractivity contribution in [2.24, 2.45) is 0 Å². The number of thiophene rings is 1. The molecule has 0 unspecified atom stereocenters. The van der Waals surface area contributed by atoms with Gasteiger partial charge in [-0.15, -0.1) is 11.3 Å². The Morgan fingerprint density at radius 1 is 1.61 bits per heavy atom. The minimum absolute atomic E-state index is 0.0626. The van der Waals surface area contributed by atoms with E-state index in [1.807, 2.05) is 6.92 Å². The molecule has 1 fully saturated rings. The molecule has 1 aliphatic rings. The highest BCUT2D eigenvalue weighted by atomic mass is 32.1. The molecule has 130 valence electrons. The van der Waals surface area contributed by atoms with Crippen molar-refractivity contribution in [2.45, 2.75) is 39.5 Å². The molecule has 5 nitrogen and oxygen atoms in total. The molecular formula is C15H22F2N2O3S. The van der Waals surface area contributed by atoms with Gasteiger partial charge in [0.1, 0.15) is 10.6 Å². The van der Waals surface area contributed by atoms with Crippen LogP contribution >= 0.6 is 11.3 Å². The van der Waals surface area contributed by atoms with Crippen molar-refractivity contribution >= 4 is 17.2 Å². The monoisotopic (exact) mass is 348 g/mol. The van der Waals surface area contributed by atoms with Gasteiger partial charge in [0.2, 0.25) is 0 Å². The summed E-state index contributed by atoms with van der Waals surface area (Å²) in [6, 6.07) is 1.88. The van der Waals surface area contributed by atoms with Crippen LogP contribution in [-0.2, 0) is 4.74 Å². The molecule has 0 aromatic carbocycles. The van der Waals surface area contributed by atoms with Gasteiger partial charge in [-0.2, -0.15) is 8.78 Å². The number of halogens is 2. The first kappa shape index (κ1) is 18.1. The van der Waals surface area contributed by atoms with E-state index in [9.17, 15) is 13.6 Å². The molecule has 1 aromatic heterocycles. The maximum atomic E-state index is 12.4. The summed E-state index contributed by atoms with van der Waals surface area (Å²) in [4.78, 5) is 15.5. The SMILES string of the molecule is Cc1cc(OC(F)F)c(C(=O)NC[C@H](C)N2CCOC[C@H]2C)s1. The maximum Gasteiger partial charge on any atom is 0.387 e. The van der Waals surface area contributed by atoms with Crippen molar-refractivity contribution in [2.75, 3.05) is 26.3 Å². The van der Waals surface area contributed by atoms with Gasteiger partial charge in [0.25, 0.3) is 5.91 Å². The molecule has 1 amide bonds. The summed E-state index contributed by atoms with van der Waals surface area (Å²) < 4.78 is 34.6.